The molecule has 0 radical (unpaired) electrons. The quantitative estimate of drug-likeness (QED) is 0.659. The van der Waals surface area contributed by atoms with E-state index in [9.17, 15) is 4.39 Å². The van der Waals surface area contributed by atoms with Crippen LogP contribution in [0.15, 0.2) is 42.5 Å². The van der Waals surface area contributed by atoms with Gasteiger partial charge in [-0.3, -0.25) is 5.84 Å². The Morgan fingerprint density at radius 1 is 1.17 bits per heavy atom. The highest BCUT2D eigenvalue weighted by Gasteiger charge is 2.18. The molecule has 0 saturated carbocycles. The fourth-order valence-electron chi connectivity index (χ4n) is 1.92. The van der Waals surface area contributed by atoms with E-state index in [2.05, 4.69) is 5.43 Å². The number of hydrogen-bond acceptors (Lipinski definition) is 2. The Morgan fingerprint density at radius 2 is 1.89 bits per heavy atom. The Kier molecular flexibility index (Phi) is 3.97. The highest BCUT2D eigenvalue weighted by molar-refractivity contribution is 6.31. The number of benzene rings is 2. The monoisotopic (exact) mass is 264 g/mol. The highest BCUT2D eigenvalue weighted by Crippen LogP contribution is 2.29. The molecule has 0 fully saturated rings. The van der Waals surface area contributed by atoms with E-state index in [0.29, 0.717) is 10.6 Å². The molecule has 94 valence electrons. The zero-order chi connectivity index (χ0) is 13.1. The number of nitrogens with two attached hydrogens (primary N) is 1. The van der Waals surface area contributed by atoms with Gasteiger partial charge < -0.3 is 0 Å². The van der Waals surface area contributed by atoms with Gasteiger partial charge in [0.05, 0.1) is 6.04 Å². The first-order valence-corrected chi connectivity index (χ1v) is 5.98. The van der Waals surface area contributed by atoms with Crippen molar-refractivity contribution in [2.75, 3.05) is 0 Å². The molecular weight excluding hydrogens is 251 g/mol. The number of rotatable bonds is 3. The van der Waals surface area contributed by atoms with Gasteiger partial charge >= 0.3 is 0 Å². The lowest BCUT2D eigenvalue weighted by Gasteiger charge is -2.19. The molecule has 0 aliphatic heterocycles. The lowest BCUT2D eigenvalue weighted by atomic mass is 9.98. The number of nitrogens with one attached hydrogen (secondary N) is 1. The molecule has 0 heterocycles. The third-order valence-corrected chi connectivity index (χ3v) is 3.18. The second kappa shape index (κ2) is 5.48. The average molecular weight is 265 g/mol. The Bertz CT molecular complexity index is 557. The summed E-state index contributed by atoms with van der Waals surface area (Å²) in [6, 6.07) is 11.7. The number of aryl methyl sites for hydroxylation is 1. The van der Waals surface area contributed by atoms with Crippen LogP contribution in [0.1, 0.15) is 22.7 Å². The first kappa shape index (κ1) is 13.0. The number of hydrogen-bond donors (Lipinski definition) is 2. The van der Waals surface area contributed by atoms with Crippen LogP contribution in [-0.4, -0.2) is 0 Å². The third kappa shape index (κ3) is 2.53. The summed E-state index contributed by atoms with van der Waals surface area (Å²) in [7, 11) is 0. The molecule has 4 heteroatoms. The van der Waals surface area contributed by atoms with E-state index in [0.717, 1.165) is 11.1 Å². The summed E-state index contributed by atoms with van der Waals surface area (Å²) in [5.41, 5.74) is 4.90. The van der Waals surface area contributed by atoms with Crippen molar-refractivity contribution >= 4 is 11.6 Å². The molecule has 18 heavy (non-hydrogen) atoms. The minimum Gasteiger partial charge on any atom is -0.271 e. The largest absolute Gasteiger partial charge is 0.271 e. The summed E-state index contributed by atoms with van der Waals surface area (Å²) in [5, 5.41) is 0.571. The molecule has 0 aliphatic rings. The molecule has 0 saturated heterocycles. The van der Waals surface area contributed by atoms with Gasteiger partial charge in [-0.15, -0.1) is 0 Å². The minimum absolute atomic E-state index is 0.308. The topological polar surface area (TPSA) is 38.0 Å². The van der Waals surface area contributed by atoms with Crippen LogP contribution in [0.3, 0.4) is 0 Å². The summed E-state index contributed by atoms with van der Waals surface area (Å²) in [4.78, 5) is 0. The van der Waals surface area contributed by atoms with E-state index in [1.54, 1.807) is 18.2 Å². The molecule has 2 nitrogen and oxygen atoms in total. The average Bonchev–Trinajstić information content (AvgIpc) is 2.34. The van der Waals surface area contributed by atoms with Crippen molar-refractivity contribution in [3.8, 4) is 0 Å². The van der Waals surface area contributed by atoms with Gasteiger partial charge in [0, 0.05) is 10.6 Å². The second-order valence-electron chi connectivity index (χ2n) is 4.15. The fourth-order valence-corrected chi connectivity index (χ4v) is 2.27. The first-order chi connectivity index (χ1) is 8.63. The van der Waals surface area contributed by atoms with E-state index < -0.39 is 6.04 Å². The number of hydrazine groups is 1. The molecule has 3 N–H and O–H groups in total. The Labute approximate surface area is 111 Å². The third-order valence-electron chi connectivity index (χ3n) is 2.85. The van der Waals surface area contributed by atoms with Crippen LogP contribution in [0.4, 0.5) is 4.39 Å². The summed E-state index contributed by atoms with van der Waals surface area (Å²) < 4.78 is 13.8. The van der Waals surface area contributed by atoms with E-state index in [1.807, 2.05) is 25.1 Å². The van der Waals surface area contributed by atoms with E-state index in [4.69, 9.17) is 17.4 Å². The maximum atomic E-state index is 13.8. The van der Waals surface area contributed by atoms with Gasteiger partial charge in [-0.1, -0.05) is 41.9 Å². The molecule has 2 aromatic rings. The fraction of sp³-hybridized carbons (Fsp3) is 0.143. The highest BCUT2D eigenvalue weighted by atomic mass is 35.5. The van der Waals surface area contributed by atoms with Crippen molar-refractivity contribution in [1.82, 2.24) is 5.43 Å². The van der Waals surface area contributed by atoms with Crippen molar-refractivity contribution in [2.45, 2.75) is 13.0 Å². The van der Waals surface area contributed by atoms with Gasteiger partial charge in [-0.05, 0) is 30.2 Å². The summed E-state index contributed by atoms with van der Waals surface area (Å²) in [5.74, 6) is 5.23. The van der Waals surface area contributed by atoms with Crippen molar-refractivity contribution in [1.29, 1.82) is 0 Å². The normalized spacial score (nSPS) is 12.4. The van der Waals surface area contributed by atoms with Crippen LogP contribution < -0.4 is 11.3 Å². The smallest absolute Gasteiger partial charge is 0.128 e. The molecule has 0 amide bonds. The van der Waals surface area contributed by atoms with Gasteiger partial charge in [0.15, 0.2) is 0 Å². The van der Waals surface area contributed by atoms with Crippen molar-refractivity contribution in [3.63, 3.8) is 0 Å². The molecule has 2 rings (SSSR count). The van der Waals surface area contributed by atoms with Gasteiger partial charge in [-0.2, -0.15) is 0 Å². The maximum absolute atomic E-state index is 13.8. The summed E-state index contributed by atoms with van der Waals surface area (Å²) in [6.45, 7) is 1.95. The zero-order valence-electron chi connectivity index (χ0n) is 9.95. The van der Waals surface area contributed by atoms with E-state index in [-0.39, 0.29) is 5.82 Å². The molecule has 1 atom stereocenters. The lowest BCUT2D eigenvalue weighted by molar-refractivity contribution is 0.560. The number of halogens is 2. The van der Waals surface area contributed by atoms with Gasteiger partial charge in [0.25, 0.3) is 0 Å². The predicted octanol–water partition coefficient (Wildman–Crippen LogP) is 3.34. The van der Waals surface area contributed by atoms with Gasteiger partial charge in [0.2, 0.25) is 0 Å². The lowest BCUT2D eigenvalue weighted by Crippen LogP contribution is -2.29. The molecule has 0 spiro atoms. The molecule has 0 bridgehead atoms. The SMILES string of the molecule is Cc1ccc(C(NN)c2ccccc2F)c(Cl)c1. The Hall–Kier alpha value is -1.42. The van der Waals surface area contributed by atoms with Crippen LogP contribution in [0, 0.1) is 12.7 Å². The Morgan fingerprint density at radius 3 is 2.50 bits per heavy atom. The summed E-state index contributed by atoms with van der Waals surface area (Å²) in [6.07, 6.45) is 0. The zero-order valence-corrected chi connectivity index (χ0v) is 10.7. The standard InChI is InChI=1S/C14H14ClFN2/c1-9-6-7-10(12(15)8-9)14(18-17)11-4-2-3-5-13(11)16/h2-8,14,18H,17H2,1H3. The molecule has 0 aromatic heterocycles. The van der Waals surface area contributed by atoms with Gasteiger partial charge in [0.1, 0.15) is 5.82 Å². The maximum Gasteiger partial charge on any atom is 0.128 e. The van der Waals surface area contributed by atoms with E-state index in [1.165, 1.54) is 6.07 Å². The van der Waals surface area contributed by atoms with Crippen molar-refractivity contribution in [3.05, 3.63) is 70.0 Å². The van der Waals surface area contributed by atoms with Crippen LogP contribution >= 0.6 is 11.6 Å². The predicted molar refractivity (Wildman–Crippen MR) is 71.8 cm³/mol. The van der Waals surface area contributed by atoms with Crippen LogP contribution in [0.5, 0.6) is 0 Å². The Balaban J connectivity index is 2.49. The van der Waals surface area contributed by atoms with Gasteiger partial charge in [-0.25, -0.2) is 9.82 Å². The van der Waals surface area contributed by atoms with Crippen LogP contribution in [0.25, 0.3) is 0 Å². The van der Waals surface area contributed by atoms with Crippen molar-refractivity contribution < 1.29 is 4.39 Å². The molecule has 2 aromatic carbocycles. The van der Waals surface area contributed by atoms with Crippen LogP contribution in [0.2, 0.25) is 5.02 Å². The minimum atomic E-state index is -0.459. The van der Waals surface area contributed by atoms with E-state index >= 15 is 0 Å². The van der Waals surface area contributed by atoms with Crippen LogP contribution in [-0.2, 0) is 0 Å². The van der Waals surface area contributed by atoms with Crippen molar-refractivity contribution in [2.24, 2.45) is 5.84 Å². The summed E-state index contributed by atoms with van der Waals surface area (Å²) >= 11 is 6.19. The molecular formula is C14H14ClFN2. The second-order valence-corrected chi connectivity index (χ2v) is 4.55. The first-order valence-electron chi connectivity index (χ1n) is 5.60. The molecule has 0 aliphatic carbocycles. The molecule has 1 unspecified atom stereocenters.